The van der Waals surface area contributed by atoms with Crippen molar-refractivity contribution in [3.8, 4) is 11.5 Å². The number of phenolic OH excluding ortho intramolecular Hbond substituents is 1. The van der Waals surface area contributed by atoms with Crippen LogP contribution in [-0.4, -0.2) is 17.3 Å². The smallest absolute Gasteiger partial charge is 0.163 e. The third-order valence-corrected chi connectivity index (χ3v) is 2.25. The zero-order chi connectivity index (χ0) is 10.7. The molecule has 1 aromatic carbocycles. The van der Waals surface area contributed by atoms with E-state index in [1.54, 1.807) is 0 Å². The van der Waals surface area contributed by atoms with Crippen LogP contribution in [0.4, 0.5) is 0 Å². The molecule has 0 aliphatic heterocycles. The Hall–Kier alpha value is -0.930. The second-order valence-corrected chi connectivity index (χ2v) is 3.41. The minimum Gasteiger partial charge on any atom is -0.504 e. The first-order valence-corrected chi connectivity index (χ1v) is 4.72. The molecule has 0 aromatic heterocycles. The lowest BCUT2D eigenvalue weighted by Crippen LogP contribution is -1.97. The zero-order valence-corrected chi connectivity index (χ0v) is 8.88. The quantitative estimate of drug-likeness (QED) is 0.816. The van der Waals surface area contributed by atoms with E-state index in [1.165, 1.54) is 19.2 Å². The lowest BCUT2D eigenvalue weighted by atomic mass is 10.1. The van der Waals surface area contributed by atoms with Crippen molar-refractivity contribution in [2.75, 3.05) is 7.11 Å². The van der Waals surface area contributed by atoms with E-state index in [1.807, 2.05) is 6.92 Å². The van der Waals surface area contributed by atoms with E-state index in [4.69, 9.17) is 16.3 Å². The molecule has 0 radical (unpaired) electrons. The van der Waals surface area contributed by atoms with Crippen molar-refractivity contribution >= 4 is 11.6 Å². The van der Waals surface area contributed by atoms with Gasteiger partial charge in [0.2, 0.25) is 0 Å². The molecule has 1 aromatic rings. The van der Waals surface area contributed by atoms with Gasteiger partial charge in [-0.05, 0) is 12.5 Å². The number of ether oxygens (including phenoxy) is 1. The summed E-state index contributed by atoms with van der Waals surface area (Å²) in [6.07, 6.45) is -0.209. The molecule has 1 unspecified atom stereocenters. The predicted molar refractivity (Wildman–Crippen MR) is 54.9 cm³/mol. The minimum absolute atomic E-state index is 0.0498. The van der Waals surface area contributed by atoms with Crippen LogP contribution in [0.1, 0.15) is 25.0 Å². The number of hydrogen-bond acceptors (Lipinski definition) is 3. The molecule has 0 amide bonds. The molecule has 2 N–H and O–H groups in total. The highest BCUT2D eigenvalue weighted by atomic mass is 35.5. The fourth-order valence-electron chi connectivity index (χ4n) is 1.22. The molecule has 0 fully saturated rings. The number of rotatable bonds is 3. The van der Waals surface area contributed by atoms with Crippen molar-refractivity contribution in [3.63, 3.8) is 0 Å². The number of aliphatic hydroxyl groups excluding tert-OH is 1. The molecule has 0 heterocycles. The van der Waals surface area contributed by atoms with Crippen molar-refractivity contribution in [3.05, 3.63) is 22.7 Å². The number of aliphatic hydroxyl groups is 1. The van der Waals surface area contributed by atoms with Crippen molar-refractivity contribution in [1.82, 2.24) is 0 Å². The highest BCUT2D eigenvalue weighted by Gasteiger charge is 2.15. The first-order valence-electron chi connectivity index (χ1n) is 4.34. The molecular formula is C10H13ClO3. The minimum atomic E-state index is -0.720. The van der Waals surface area contributed by atoms with E-state index >= 15 is 0 Å². The van der Waals surface area contributed by atoms with Crippen LogP contribution in [0, 0.1) is 0 Å². The third-order valence-electron chi connectivity index (χ3n) is 2.03. The van der Waals surface area contributed by atoms with Crippen LogP contribution >= 0.6 is 11.6 Å². The number of benzene rings is 1. The van der Waals surface area contributed by atoms with Crippen LogP contribution in [-0.2, 0) is 0 Å². The van der Waals surface area contributed by atoms with Gasteiger partial charge in [-0.3, -0.25) is 0 Å². The van der Waals surface area contributed by atoms with Gasteiger partial charge in [-0.2, -0.15) is 0 Å². The average molecular weight is 217 g/mol. The molecule has 1 atom stereocenters. The van der Waals surface area contributed by atoms with Gasteiger partial charge in [0.25, 0.3) is 0 Å². The normalized spacial score (nSPS) is 12.6. The molecule has 4 heteroatoms. The van der Waals surface area contributed by atoms with Gasteiger partial charge in [-0.25, -0.2) is 0 Å². The molecule has 0 spiro atoms. The molecule has 1 rings (SSSR count). The van der Waals surface area contributed by atoms with E-state index in [0.29, 0.717) is 17.0 Å². The second kappa shape index (κ2) is 4.53. The summed E-state index contributed by atoms with van der Waals surface area (Å²) in [7, 11) is 1.44. The van der Waals surface area contributed by atoms with Gasteiger partial charge in [0.15, 0.2) is 11.5 Å². The molecule has 0 bridgehead atoms. The number of methoxy groups -OCH3 is 1. The largest absolute Gasteiger partial charge is 0.504 e. The molecule has 0 aliphatic rings. The zero-order valence-electron chi connectivity index (χ0n) is 8.12. The SMILES string of the molecule is CCC(O)c1cc(Cl)cc(OC)c1O. The number of halogens is 1. The Morgan fingerprint density at radius 2 is 2.14 bits per heavy atom. The standard InChI is InChI=1S/C10H13ClO3/c1-3-8(12)7-4-6(11)5-9(14-2)10(7)13/h4-5,8,12-13H,3H2,1-2H3. The van der Waals surface area contributed by atoms with E-state index in [-0.39, 0.29) is 11.5 Å². The van der Waals surface area contributed by atoms with Gasteiger partial charge in [-0.1, -0.05) is 18.5 Å². The van der Waals surface area contributed by atoms with Gasteiger partial charge in [0.1, 0.15) is 0 Å². The summed E-state index contributed by atoms with van der Waals surface area (Å²) in [6.45, 7) is 1.82. The van der Waals surface area contributed by atoms with Crippen LogP contribution in [0.25, 0.3) is 0 Å². The van der Waals surface area contributed by atoms with Crippen LogP contribution in [0.3, 0.4) is 0 Å². The van der Waals surface area contributed by atoms with Crippen molar-refractivity contribution in [1.29, 1.82) is 0 Å². The maximum absolute atomic E-state index is 9.67. The molecule has 0 saturated heterocycles. The van der Waals surface area contributed by atoms with Gasteiger partial charge < -0.3 is 14.9 Å². The topological polar surface area (TPSA) is 49.7 Å². The molecule has 78 valence electrons. The van der Waals surface area contributed by atoms with Gasteiger partial charge >= 0.3 is 0 Å². The summed E-state index contributed by atoms with van der Waals surface area (Å²) in [4.78, 5) is 0. The number of phenols is 1. The summed E-state index contributed by atoms with van der Waals surface area (Å²) in [5.74, 6) is 0.228. The van der Waals surface area contributed by atoms with Crippen molar-refractivity contribution in [2.24, 2.45) is 0 Å². The van der Waals surface area contributed by atoms with E-state index in [0.717, 1.165) is 0 Å². The Labute approximate surface area is 87.9 Å². The fourth-order valence-corrected chi connectivity index (χ4v) is 1.44. The number of aromatic hydroxyl groups is 1. The van der Waals surface area contributed by atoms with Crippen LogP contribution in [0.2, 0.25) is 5.02 Å². The van der Waals surface area contributed by atoms with E-state index in [2.05, 4.69) is 0 Å². The lowest BCUT2D eigenvalue weighted by molar-refractivity contribution is 0.169. The molecule has 0 saturated carbocycles. The molecule has 3 nitrogen and oxygen atoms in total. The first-order chi connectivity index (χ1) is 6.60. The summed E-state index contributed by atoms with van der Waals surface area (Å²) in [5.41, 5.74) is 0.400. The first kappa shape index (κ1) is 11.1. The summed E-state index contributed by atoms with van der Waals surface area (Å²) in [5, 5.41) is 19.7. The van der Waals surface area contributed by atoms with Gasteiger partial charge in [0, 0.05) is 16.7 Å². The van der Waals surface area contributed by atoms with Crippen LogP contribution in [0.5, 0.6) is 11.5 Å². The third kappa shape index (κ3) is 2.11. The predicted octanol–water partition coefficient (Wildman–Crippen LogP) is 2.50. The Balaban J connectivity index is 3.21. The average Bonchev–Trinajstić information content (AvgIpc) is 2.19. The Morgan fingerprint density at radius 3 is 2.64 bits per heavy atom. The van der Waals surface area contributed by atoms with Crippen LogP contribution in [0.15, 0.2) is 12.1 Å². The van der Waals surface area contributed by atoms with E-state index < -0.39 is 6.10 Å². The number of hydrogen-bond donors (Lipinski definition) is 2. The Kier molecular flexibility index (Phi) is 3.61. The maximum atomic E-state index is 9.67. The van der Waals surface area contributed by atoms with E-state index in [9.17, 15) is 10.2 Å². The molecular weight excluding hydrogens is 204 g/mol. The van der Waals surface area contributed by atoms with Crippen molar-refractivity contribution < 1.29 is 14.9 Å². The molecule has 0 aliphatic carbocycles. The maximum Gasteiger partial charge on any atom is 0.163 e. The van der Waals surface area contributed by atoms with Gasteiger partial charge in [0.05, 0.1) is 13.2 Å². The molecule has 14 heavy (non-hydrogen) atoms. The summed E-state index contributed by atoms with van der Waals surface area (Å²) < 4.78 is 4.92. The highest BCUT2D eigenvalue weighted by molar-refractivity contribution is 6.30. The fraction of sp³-hybridized carbons (Fsp3) is 0.400. The van der Waals surface area contributed by atoms with Crippen LogP contribution < -0.4 is 4.74 Å². The highest BCUT2D eigenvalue weighted by Crippen LogP contribution is 2.37. The lowest BCUT2D eigenvalue weighted by Gasteiger charge is -2.13. The van der Waals surface area contributed by atoms with Crippen molar-refractivity contribution in [2.45, 2.75) is 19.4 Å². The Bertz CT molecular complexity index is 325. The summed E-state index contributed by atoms with van der Waals surface area (Å²) >= 11 is 5.80. The summed E-state index contributed by atoms with van der Waals surface area (Å²) in [6, 6.07) is 3.04. The second-order valence-electron chi connectivity index (χ2n) is 2.97. The monoisotopic (exact) mass is 216 g/mol. The van der Waals surface area contributed by atoms with Gasteiger partial charge in [-0.15, -0.1) is 0 Å². The Morgan fingerprint density at radius 1 is 1.50 bits per heavy atom.